The van der Waals surface area contributed by atoms with Crippen molar-refractivity contribution in [3.8, 4) is 0 Å². The molecule has 110 valence electrons. The maximum absolute atomic E-state index is 12.1. The molecule has 0 aliphatic carbocycles. The normalized spacial score (nSPS) is 10.4. The van der Waals surface area contributed by atoms with E-state index in [2.05, 4.69) is 5.32 Å². The van der Waals surface area contributed by atoms with Gasteiger partial charge in [-0.15, -0.1) is 0 Å². The zero-order valence-corrected chi connectivity index (χ0v) is 12.8. The van der Waals surface area contributed by atoms with Crippen molar-refractivity contribution in [1.82, 2.24) is 5.32 Å². The molecule has 3 N–H and O–H groups in total. The summed E-state index contributed by atoms with van der Waals surface area (Å²) in [6.07, 6.45) is 0.872. The van der Waals surface area contributed by atoms with E-state index >= 15 is 0 Å². The zero-order valence-electron chi connectivity index (χ0n) is 12.0. The Morgan fingerprint density at radius 1 is 1.14 bits per heavy atom. The van der Waals surface area contributed by atoms with Crippen LogP contribution in [0.3, 0.4) is 0 Å². The number of carbonyl (C=O) groups excluding carboxylic acids is 1. The summed E-state index contributed by atoms with van der Waals surface area (Å²) in [5.41, 5.74) is 9.32. The van der Waals surface area contributed by atoms with Gasteiger partial charge in [-0.1, -0.05) is 35.9 Å². The summed E-state index contributed by atoms with van der Waals surface area (Å²) in [5, 5.41) is 3.56. The van der Waals surface area contributed by atoms with Crippen LogP contribution in [0.1, 0.15) is 27.0 Å². The molecule has 0 unspecified atom stereocenters. The Hall–Kier alpha value is -1.84. The summed E-state index contributed by atoms with van der Waals surface area (Å²) in [6, 6.07) is 13.4. The lowest BCUT2D eigenvalue weighted by Crippen LogP contribution is -2.23. The van der Waals surface area contributed by atoms with E-state index in [4.69, 9.17) is 17.3 Å². The third-order valence-corrected chi connectivity index (χ3v) is 3.58. The predicted octanol–water partition coefficient (Wildman–Crippen LogP) is 3.08. The van der Waals surface area contributed by atoms with Crippen molar-refractivity contribution in [3.05, 3.63) is 69.7 Å². The molecular weight excluding hydrogens is 284 g/mol. The van der Waals surface area contributed by atoms with Gasteiger partial charge in [-0.25, -0.2) is 0 Å². The van der Waals surface area contributed by atoms with Crippen molar-refractivity contribution in [1.29, 1.82) is 0 Å². The molecule has 3 nitrogen and oxygen atoms in total. The number of nitrogens with one attached hydrogen (secondary N) is 1. The molecule has 0 fully saturated rings. The minimum absolute atomic E-state index is 0.0878. The van der Waals surface area contributed by atoms with E-state index in [1.54, 1.807) is 18.2 Å². The number of benzene rings is 2. The maximum Gasteiger partial charge on any atom is 0.251 e. The third kappa shape index (κ3) is 4.31. The molecule has 2 rings (SSSR count). The molecule has 0 saturated heterocycles. The lowest BCUT2D eigenvalue weighted by atomic mass is 10.1. The van der Waals surface area contributed by atoms with E-state index in [1.807, 2.05) is 31.2 Å². The second kappa shape index (κ2) is 7.25. The maximum atomic E-state index is 12.1. The first kappa shape index (κ1) is 15.5. The van der Waals surface area contributed by atoms with Crippen molar-refractivity contribution in [2.24, 2.45) is 5.73 Å². The molecule has 4 heteroatoms. The molecule has 0 atom stereocenters. The summed E-state index contributed by atoms with van der Waals surface area (Å²) in [7, 11) is 0. The van der Waals surface area contributed by atoms with E-state index in [-0.39, 0.29) is 5.91 Å². The van der Waals surface area contributed by atoms with Crippen molar-refractivity contribution in [3.63, 3.8) is 0 Å². The molecule has 0 radical (unpaired) electrons. The largest absolute Gasteiger partial charge is 0.348 e. The van der Waals surface area contributed by atoms with E-state index in [0.717, 1.165) is 17.5 Å². The van der Waals surface area contributed by atoms with Crippen LogP contribution in [0.15, 0.2) is 42.5 Å². The van der Waals surface area contributed by atoms with Crippen LogP contribution in [-0.2, 0) is 13.0 Å². The number of halogens is 1. The van der Waals surface area contributed by atoms with Gasteiger partial charge in [0.1, 0.15) is 0 Å². The van der Waals surface area contributed by atoms with Crippen LogP contribution in [0.25, 0.3) is 0 Å². The fraction of sp³-hybridized carbons (Fsp3) is 0.235. The molecule has 0 aromatic heterocycles. The van der Waals surface area contributed by atoms with Crippen molar-refractivity contribution >= 4 is 17.5 Å². The summed E-state index contributed by atoms with van der Waals surface area (Å²) in [5.74, 6) is -0.0878. The monoisotopic (exact) mass is 302 g/mol. The third-order valence-electron chi connectivity index (χ3n) is 3.34. The standard InChI is InChI=1S/C17H19ClN2O/c1-12-10-15(18)6-7-16(12)17(21)20-11-14-4-2-13(3-5-14)8-9-19/h2-7,10H,8-9,11,19H2,1H3,(H,20,21). The first-order valence-electron chi connectivity index (χ1n) is 6.92. The number of nitrogens with two attached hydrogens (primary N) is 1. The van der Waals surface area contributed by atoms with Gasteiger partial charge in [0.05, 0.1) is 0 Å². The number of hydrogen-bond donors (Lipinski definition) is 2. The van der Waals surface area contributed by atoms with Gasteiger partial charge in [-0.05, 0) is 54.8 Å². The van der Waals surface area contributed by atoms with Gasteiger partial charge in [-0.3, -0.25) is 4.79 Å². The minimum atomic E-state index is -0.0878. The fourth-order valence-corrected chi connectivity index (χ4v) is 2.38. The highest BCUT2D eigenvalue weighted by molar-refractivity contribution is 6.30. The Labute approximate surface area is 130 Å². The van der Waals surface area contributed by atoms with Gasteiger partial charge in [0.25, 0.3) is 5.91 Å². The predicted molar refractivity (Wildman–Crippen MR) is 86.6 cm³/mol. The zero-order chi connectivity index (χ0) is 15.2. The molecule has 0 spiro atoms. The van der Waals surface area contributed by atoms with Gasteiger partial charge < -0.3 is 11.1 Å². The first-order chi connectivity index (χ1) is 10.1. The Balaban J connectivity index is 1.97. The second-order valence-corrected chi connectivity index (χ2v) is 5.43. The van der Waals surface area contributed by atoms with Crippen molar-refractivity contribution in [2.45, 2.75) is 19.9 Å². The summed E-state index contributed by atoms with van der Waals surface area (Å²) >= 11 is 5.89. The Kier molecular flexibility index (Phi) is 5.37. The van der Waals surface area contributed by atoms with E-state index in [0.29, 0.717) is 23.7 Å². The van der Waals surface area contributed by atoms with Crippen LogP contribution < -0.4 is 11.1 Å². The van der Waals surface area contributed by atoms with E-state index < -0.39 is 0 Å². The molecule has 0 bridgehead atoms. The molecule has 2 aromatic carbocycles. The quantitative estimate of drug-likeness (QED) is 0.892. The average Bonchev–Trinajstić information content (AvgIpc) is 2.46. The van der Waals surface area contributed by atoms with Crippen LogP contribution in [0, 0.1) is 6.92 Å². The fourth-order valence-electron chi connectivity index (χ4n) is 2.15. The second-order valence-electron chi connectivity index (χ2n) is 5.00. The van der Waals surface area contributed by atoms with Crippen molar-refractivity contribution in [2.75, 3.05) is 6.54 Å². The number of hydrogen-bond acceptors (Lipinski definition) is 2. The summed E-state index contributed by atoms with van der Waals surface area (Å²) in [6.45, 7) is 3.03. The van der Waals surface area contributed by atoms with Crippen molar-refractivity contribution < 1.29 is 4.79 Å². The Morgan fingerprint density at radius 2 is 1.81 bits per heavy atom. The highest BCUT2D eigenvalue weighted by Crippen LogP contribution is 2.15. The molecular formula is C17H19ClN2O. The van der Waals surface area contributed by atoms with Gasteiger partial charge in [0.2, 0.25) is 0 Å². The van der Waals surface area contributed by atoms with Gasteiger partial charge in [-0.2, -0.15) is 0 Å². The topological polar surface area (TPSA) is 55.1 Å². The molecule has 2 aromatic rings. The SMILES string of the molecule is Cc1cc(Cl)ccc1C(=O)NCc1ccc(CCN)cc1. The molecule has 0 aliphatic heterocycles. The molecule has 21 heavy (non-hydrogen) atoms. The van der Waals surface area contributed by atoms with Crippen LogP contribution in [0.4, 0.5) is 0 Å². The summed E-state index contributed by atoms with van der Waals surface area (Å²) < 4.78 is 0. The van der Waals surface area contributed by atoms with Crippen LogP contribution in [0.2, 0.25) is 5.02 Å². The number of carbonyl (C=O) groups is 1. The molecule has 0 aliphatic rings. The Bertz CT molecular complexity index is 623. The number of aryl methyl sites for hydroxylation is 1. The van der Waals surface area contributed by atoms with Crippen LogP contribution in [0.5, 0.6) is 0 Å². The van der Waals surface area contributed by atoms with Crippen LogP contribution >= 0.6 is 11.6 Å². The van der Waals surface area contributed by atoms with Gasteiger partial charge in [0.15, 0.2) is 0 Å². The smallest absolute Gasteiger partial charge is 0.251 e. The van der Waals surface area contributed by atoms with E-state index in [9.17, 15) is 4.79 Å². The highest BCUT2D eigenvalue weighted by atomic mass is 35.5. The average molecular weight is 303 g/mol. The minimum Gasteiger partial charge on any atom is -0.348 e. The van der Waals surface area contributed by atoms with Crippen LogP contribution in [-0.4, -0.2) is 12.5 Å². The number of rotatable bonds is 5. The van der Waals surface area contributed by atoms with Gasteiger partial charge in [0, 0.05) is 17.1 Å². The molecule has 0 saturated carbocycles. The lowest BCUT2D eigenvalue weighted by molar-refractivity contribution is 0.0950. The summed E-state index contributed by atoms with van der Waals surface area (Å²) in [4.78, 5) is 12.1. The lowest BCUT2D eigenvalue weighted by Gasteiger charge is -2.08. The van der Waals surface area contributed by atoms with E-state index in [1.165, 1.54) is 5.56 Å². The highest BCUT2D eigenvalue weighted by Gasteiger charge is 2.08. The number of amides is 1. The molecule has 0 heterocycles. The first-order valence-corrected chi connectivity index (χ1v) is 7.30. The Morgan fingerprint density at radius 3 is 2.43 bits per heavy atom. The van der Waals surface area contributed by atoms with Gasteiger partial charge >= 0.3 is 0 Å². The molecule has 1 amide bonds.